The maximum atomic E-state index is 12.5. The molecule has 1 aromatic rings. The van der Waals surface area contributed by atoms with E-state index in [2.05, 4.69) is 24.3 Å². The second-order valence-electron chi connectivity index (χ2n) is 5.70. The van der Waals surface area contributed by atoms with Crippen molar-refractivity contribution in [3.05, 3.63) is 30.3 Å². The zero-order valence-corrected chi connectivity index (χ0v) is 14.1. The van der Waals surface area contributed by atoms with Crippen LogP contribution in [0, 0.1) is 5.41 Å². The van der Waals surface area contributed by atoms with Gasteiger partial charge in [-0.15, -0.1) is 0 Å². The summed E-state index contributed by atoms with van der Waals surface area (Å²) in [6.07, 6.45) is 3.90. The topological polar surface area (TPSA) is 38.7 Å². The van der Waals surface area contributed by atoms with Crippen LogP contribution in [0.3, 0.4) is 0 Å². The van der Waals surface area contributed by atoms with Crippen molar-refractivity contribution in [3.63, 3.8) is 0 Å². The number of rotatable bonds is 4. The summed E-state index contributed by atoms with van der Waals surface area (Å²) in [5, 5.41) is 0. The number of fused-ring (bicyclic) bond motifs is 1. The molecule has 0 spiro atoms. The molecule has 1 saturated carbocycles. The fraction of sp³-hybridized carbons (Fsp3) is 0.529. The molecule has 0 aromatic heterocycles. The quantitative estimate of drug-likeness (QED) is 0.618. The number of benzene rings is 1. The monoisotopic (exact) mass is 351 g/mol. The predicted molar refractivity (Wildman–Crippen MR) is 85.4 cm³/mol. The number of carbonyl (C=O) groups is 1. The molecule has 0 saturated heterocycles. The minimum absolute atomic E-state index is 0.0326. The number of nitrogens with zero attached hydrogens (tertiary/aromatic N) is 1. The van der Waals surface area contributed by atoms with Gasteiger partial charge < -0.3 is 0 Å². The third-order valence-corrected chi connectivity index (χ3v) is 6.85. The number of carbonyl (C=O) groups excluding carboxylic acids is 1. The van der Waals surface area contributed by atoms with Crippen LogP contribution >= 0.6 is 0 Å². The molecular formula is C17H21NO2Se. The normalized spacial score (nSPS) is 27.9. The first-order valence-corrected chi connectivity index (χ1v) is 9.52. The molecule has 112 valence electrons. The van der Waals surface area contributed by atoms with Crippen molar-refractivity contribution in [2.24, 2.45) is 10.4 Å². The molecule has 3 nitrogen and oxygen atoms in total. The Kier molecular flexibility index (Phi) is 4.46. The molecule has 1 aliphatic heterocycles. The number of aliphatic imine (C=N–C) groups is 1. The molecule has 0 bridgehead atoms. The Morgan fingerprint density at radius 1 is 1.43 bits per heavy atom. The van der Waals surface area contributed by atoms with E-state index < -0.39 is 5.41 Å². The first-order valence-electron chi connectivity index (χ1n) is 7.67. The Morgan fingerprint density at radius 2 is 2.24 bits per heavy atom. The SMILES string of the molecule is CCOC(=O)C12CCCC1=NCC([Se]c1ccccc1)C2. The second-order valence-corrected chi connectivity index (χ2v) is 8.58. The molecule has 4 heteroatoms. The van der Waals surface area contributed by atoms with E-state index in [1.165, 1.54) is 4.46 Å². The zero-order valence-electron chi connectivity index (χ0n) is 12.4. The van der Waals surface area contributed by atoms with Crippen molar-refractivity contribution in [1.29, 1.82) is 0 Å². The van der Waals surface area contributed by atoms with Crippen LogP contribution in [0.1, 0.15) is 32.6 Å². The van der Waals surface area contributed by atoms with Crippen LogP contribution in [-0.4, -0.2) is 39.8 Å². The van der Waals surface area contributed by atoms with Gasteiger partial charge in [-0.25, -0.2) is 0 Å². The molecule has 0 amide bonds. The number of ether oxygens (including phenoxy) is 1. The van der Waals surface area contributed by atoms with Gasteiger partial charge in [0.05, 0.1) is 0 Å². The van der Waals surface area contributed by atoms with Crippen molar-refractivity contribution in [2.75, 3.05) is 13.2 Å². The molecule has 2 unspecified atom stereocenters. The zero-order chi connectivity index (χ0) is 14.7. The summed E-state index contributed by atoms with van der Waals surface area (Å²) in [6, 6.07) is 10.6. The van der Waals surface area contributed by atoms with Crippen molar-refractivity contribution in [2.45, 2.75) is 37.4 Å². The van der Waals surface area contributed by atoms with Crippen molar-refractivity contribution >= 4 is 31.1 Å². The van der Waals surface area contributed by atoms with Crippen LogP contribution in [0.4, 0.5) is 0 Å². The summed E-state index contributed by atoms with van der Waals surface area (Å²) in [6.45, 7) is 3.22. The van der Waals surface area contributed by atoms with Crippen LogP contribution in [-0.2, 0) is 9.53 Å². The van der Waals surface area contributed by atoms with Gasteiger partial charge in [0.15, 0.2) is 0 Å². The van der Waals surface area contributed by atoms with E-state index in [9.17, 15) is 4.79 Å². The van der Waals surface area contributed by atoms with Crippen LogP contribution in [0.2, 0.25) is 4.82 Å². The standard InChI is InChI=1S/C17H21NO2Se/c1-2-20-16(19)17-10-6-9-15(17)18-12-14(11-17)21-13-7-4-3-5-8-13/h3-5,7-8,14H,2,6,9-12H2,1H3. The molecule has 1 aliphatic carbocycles. The summed E-state index contributed by atoms with van der Waals surface area (Å²) in [4.78, 5) is 17.8. The van der Waals surface area contributed by atoms with Gasteiger partial charge in [0.1, 0.15) is 0 Å². The van der Waals surface area contributed by atoms with Crippen molar-refractivity contribution in [3.8, 4) is 0 Å². The molecule has 2 aliphatic rings. The number of hydrogen-bond donors (Lipinski definition) is 0. The van der Waals surface area contributed by atoms with E-state index >= 15 is 0 Å². The van der Waals surface area contributed by atoms with Gasteiger partial charge in [-0.1, -0.05) is 0 Å². The Morgan fingerprint density at radius 3 is 3.00 bits per heavy atom. The molecule has 1 aromatic carbocycles. The van der Waals surface area contributed by atoms with Gasteiger partial charge in [-0.2, -0.15) is 0 Å². The van der Waals surface area contributed by atoms with Gasteiger partial charge in [0, 0.05) is 0 Å². The van der Waals surface area contributed by atoms with E-state index in [4.69, 9.17) is 9.73 Å². The average molecular weight is 350 g/mol. The van der Waals surface area contributed by atoms with Gasteiger partial charge >= 0.3 is 132 Å². The van der Waals surface area contributed by atoms with Crippen LogP contribution < -0.4 is 4.46 Å². The summed E-state index contributed by atoms with van der Waals surface area (Å²) < 4.78 is 6.77. The Labute approximate surface area is 132 Å². The van der Waals surface area contributed by atoms with E-state index in [1.54, 1.807) is 0 Å². The number of esters is 1. The van der Waals surface area contributed by atoms with Gasteiger partial charge in [-0.05, 0) is 0 Å². The Hall–Kier alpha value is -1.12. The molecule has 0 radical (unpaired) electrons. The molecule has 1 fully saturated rings. The first kappa shape index (κ1) is 14.8. The van der Waals surface area contributed by atoms with E-state index in [-0.39, 0.29) is 5.97 Å². The summed E-state index contributed by atoms with van der Waals surface area (Å²) in [7, 11) is 0. The van der Waals surface area contributed by atoms with Crippen LogP contribution in [0.25, 0.3) is 0 Å². The first-order chi connectivity index (χ1) is 10.2. The van der Waals surface area contributed by atoms with Crippen molar-refractivity contribution in [1.82, 2.24) is 0 Å². The predicted octanol–water partition coefficient (Wildman–Crippen LogP) is 2.38. The molecule has 1 heterocycles. The molecule has 3 rings (SSSR count). The summed E-state index contributed by atoms with van der Waals surface area (Å²) in [5.41, 5.74) is 0.719. The second kappa shape index (κ2) is 6.33. The van der Waals surface area contributed by atoms with Crippen molar-refractivity contribution < 1.29 is 9.53 Å². The van der Waals surface area contributed by atoms with Gasteiger partial charge in [0.2, 0.25) is 0 Å². The summed E-state index contributed by atoms with van der Waals surface area (Å²) in [5.74, 6) is -0.0326. The minimum atomic E-state index is -0.393. The Balaban J connectivity index is 1.78. The average Bonchev–Trinajstić information content (AvgIpc) is 2.93. The third-order valence-electron chi connectivity index (χ3n) is 4.34. The van der Waals surface area contributed by atoms with E-state index in [1.807, 2.05) is 13.0 Å². The molecule has 21 heavy (non-hydrogen) atoms. The van der Waals surface area contributed by atoms with Gasteiger partial charge in [0.25, 0.3) is 0 Å². The van der Waals surface area contributed by atoms with Gasteiger partial charge in [-0.3, -0.25) is 0 Å². The van der Waals surface area contributed by atoms with Crippen LogP contribution in [0.5, 0.6) is 0 Å². The maximum absolute atomic E-state index is 12.5. The number of hydrogen-bond acceptors (Lipinski definition) is 3. The third kappa shape index (κ3) is 2.93. The Bertz CT molecular complexity index is 543. The fourth-order valence-corrected chi connectivity index (χ4v) is 5.95. The summed E-state index contributed by atoms with van der Waals surface area (Å²) >= 11 is 0.373. The van der Waals surface area contributed by atoms with E-state index in [0.29, 0.717) is 26.4 Å². The molecule has 2 atom stereocenters. The molecular weight excluding hydrogens is 329 g/mol. The van der Waals surface area contributed by atoms with Crippen LogP contribution in [0.15, 0.2) is 35.3 Å². The molecule has 0 N–H and O–H groups in total. The fourth-order valence-electron chi connectivity index (χ4n) is 3.40. The van der Waals surface area contributed by atoms with E-state index in [0.717, 1.165) is 37.9 Å².